The number of rotatable bonds is 8. The number of hydrogen-bond acceptors (Lipinski definition) is 2. The summed E-state index contributed by atoms with van der Waals surface area (Å²) < 4.78 is 0. The highest BCUT2D eigenvalue weighted by molar-refractivity contribution is 5.62. The van der Waals surface area contributed by atoms with Crippen LogP contribution in [0.4, 0.5) is 11.4 Å². The average molecular weight is 260 g/mol. The molecule has 19 heavy (non-hydrogen) atoms. The molecule has 0 fully saturated rings. The Hall–Kier alpha value is -1.18. The summed E-state index contributed by atoms with van der Waals surface area (Å²) in [5.74, 6) is 0. The largest absolute Gasteiger partial charge is 0.384 e. The molecule has 0 amide bonds. The maximum Gasteiger partial charge on any atom is 0.0375 e. The molecule has 2 heteroatoms. The number of benzene rings is 1. The first-order valence-electron chi connectivity index (χ1n) is 7.93. The average Bonchev–Trinajstić information content (AvgIpc) is 2.86. The number of unbranched alkanes of at least 4 members (excludes halogenated alkanes) is 4. The van der Waals surface area contributed by atoms with E-state index in [1.165, 1.54) is 55.5 Å². The smallest absolute Gasteiger partial charge is 0.0375 e. The van der Waals surface area contributed by atoms with Crippen molar-refractivity contribution in [2.75, 3.05) is 17.2 Å². The van der Waals surface area contributed by atoms with Crippen molar-refractivity contribution in [3.8, 4) is 0 Å². The maximum atomic E-state index is 3.63. The summed E-state index contributed by atoms with van der Waals surface area (Å²) in [6.07, 6.45) is 9.29. The van der Waals surface area contributed by atoms with Crippen molar-refractivity contribution in [1.29, 1.82) is 0 Å². The second-order valence-electron chi connectivity index (χ2n) is 5.80. The maximum absolute atomic E-state index is 3.63. The van der Waals surface area contributed by atoms with Crippen LogP contribution in [0.1, 0.15) is 57.9 Å². The topological polar surface area (TPSA) is 24.1 Å². The molecule has 2 nitrogen and oxygen atoms in total. The van der Waals surface area contributed by atoms with Gasteiger partial charge in [-0.15, -0.1) is 0 Å². The summed E-state index contributed by atoms with van der Waals surface area (Å²) in [6, 6.07) is 7.29. The summed E-state index contributed by atoms with van der Waals surface area (Å²) in [6.45, 7) is 5.66. The van der Waals surface area contributed by atoms with Crippen molar-refractivity contribution in [3.05, 3.63) is 23.8 Å². The van der Waals surface area contributed by atoms with E-state index >= 15 is 0 Å². The molecule has 1 heterocycles. The first-order chi connectivity index (χ1) is 9.29. The summed E-state index contributed by atoms with van der Waals surface area (Å²) in [5, 5.41) is 7.04. The van der Waals surface area contributed by atoms with Gasteiger partial charge in [0.15, 0.2) is 0 Å². The fourth-order valence-electron chi connectivity index (χ4n) is 2.81. The van der Waals surface area contributed by atoms with Crippen LogP contribution in [-0.4, -0.2) is 12.6 Å². The zero-order valence-electron chi connectivity index (χ0n) is 12.5. The Labute approximate surface area is 118 Å². The summed E-state index contributed by atoms with van der Waals surface area (Å²) in [7, 11) is 0. The molecule has 0 aliphatic carbocycles. The quantitative estimate of drug-likeness (QED) is 0.655. The van der Waals surface area contributed by atoms with Crippen molar-refractivity contribution in [3.63, 3.8) is 0 Å². The second-order valence-corrected chi connectivity index (χ2v) is 5.80. The van der Waals surface area contributed by atoms with E-state index in [1.54, 1.807) is 0 Å². The lowest BCUT2D eigenvalue weighted by atomic mass is 10.1. The molecule has 106 valence electrons. The molecule has 1 aliphatic rings. The number of fused-ring (bicyclic) bond motifs is 1. The monoisotopic (exact) mass is 260 g/mol. The van der Waals surface area contributed by atoms with Crippen LogP contribution in [0.5, 0.6) is 0 Å². The lowest BCUT2D eigenvalue weighted by Crippen LogP contribution is -2.14. The van der Waals surface area contributed by atoms with Gasteiger partial charge in [0, 0.05) is 24.0 Å². The van der Waals surface area contributed by atoms with E-state index < -0.39 is 0 Å². The van der Waals surface area contributed by atoms with Crippen LogP contribution in [0, 0.1) is 0 Å². The molecular formula is C17H28N2. The highest BCUT2D eigenvalue weighted by atomic mass is 14.9. The van der Waals surface area contributed by atoms with Gasteiger partial charge in [-0.2, -0.15) is 0 Å². The first kappa shape index (κ1) is 14.2. The van der Waals surface area contributed by atoms with Crippen LogP contribution in [0.15, 0.2) is 18.2 Å². The third-order valence-electron chi connectivity index (χ3n) is 3.97. The van der Waals surface area contributed by atoms with Gasteiger partial charge in [-0.3, -0.25) is 0 Å². The first-order valence-corrected chi connectivity index (χ1v) is 7.93. The van der Waals surface area contributed by atoms with Crippen molar-refractivity contribution >= 4 is 11.4 Å². The fraction of sp³-hybridized carbons (Fsp3) is 0.647. The Balaban J connectivity index is 1.71. The predicted octanol–water partition coefficient (Wildman–Crippen LogP) is 4.82. The third kappa shape index (κ3) is 4.45. The Bertz CT molecular complexity index is 387. The lowest BCUT2D eigenvalue weighted by molar-refractivity contribution is 0.578. The fourth-order valence-corrected chi connectivity index (χ4v) is 2.81. The molecule has 0 saturated carbocycles. The van der Waals surface area contributed by atoms with Gasteiger partial charge in [0.2, 0.25) is 0 Å². The van der Waals surface area contributed by atoms with E-state index in [0.717, 1.165) is 13.0 Å². The summed E-state index contributed by atoms with van der Waals surface area (Å²) >= 11 is 0. The van der Waals surface area contributed by atoms with E-state index in [4.69, 9.17) is 0 Å². The highest BCUT2D eigenvalue weighted by Crippen LogP contribution is 2.25. The Morgan fingerprint density at radius 1 is 1.21 bits per heavy atom. The minimum Gasteiger partial charge on any atom is -0.384 e. The minimum absolute atomic E-state index is 0.578. The van der Waals surface area contributed by atoms with Crippen molar-refractivity contribution in [2.24, 2.45) is 0 Å². The summed E-state index contributed by atoms with van der Waals surface area (Å²) in [5.41, 5.74) is 4.06. The van der Waals surface area contributed by atoms with Gasteiger partial charge in [-0.25, -0.2) is 0 Å². The van der Waals surface area contributed by atoms with Gasteiger partial charge in [-0.05, 0) is 43.5 Å². The zero-order valence-corrected chi connectivity index (χ0v) is 12.5. The predicted molar refractivity (Wildman–Crippen MR) is 85.1 cm³/mol. The second kappa shape index (κ2) is 7.42. The SMILES string of the molecule is CCCCCCC[C@H](C)Nc1ccc2c(c1)CCN2. The Morgan fingerprint density at radius 3 is 2.89 bits per heavy atom. The van der Waals surface area contributed by atoms with Gasteiger partial charge in [-0.1, -0.05) is 39.0 Å². The van der Waals surface area contributed by atoms with Gasteiger partial charge in [0.1, 0.15) is 0 Å². The molecule has 0 aromatic heterocycles. The molecule has 1 aliphatic heterocycles. The highest BCUT2D eigenvalue weighted by Gasteiger charge is 2.10. The van der Waals surface area contributed by atoms with Gasteiger partial charge in [0.05, 0.1) is 0 Å². The Kier molecular flexibility index (Phi) is 5.56. The number of hydrogen-bond donors (Lipinski definition) is 2. The molecule has 0 unspecified atom stereocenters. The molecular weight excluding hydrogens is 232 g/mol. The normalized spacial score (nSPS) is 14.8. The van der Waals surface area contributed by atoms with Crippen LogP contribution in [0.2, 0.25) is 0 Å². The van der Waals surface area contributed by atoms with E-state index in [0.29, 0.717) is 6.04 Å². The molecule has 1 aromatic carbocycles. The molecule has 0 radical (unpaired) electrons. The third-order valence-corrected chi connectivity index (χ3v) is 3.97. The molecule has 0 saturated heterocycles. The van der Waals surface area contributed by atoms with E-state index in [1.807, 2.05) is 0 Å². The molecule has 1 aromatic rings. The molecule has 0 bridgehead atoms. The lowest BCUT2D eigenvalue weighted by Gasteiger charge is -2.16. The number of nitrogens with one attached hydrogen (secondary N) is 2. The standard InChI is InChI=1S/C17H28N2/c1-3-4-5-6-7-8-14(2)19-16-9-10-17-15(13-16)11-12-18-17/h9-10,13-14,18-19H,3-8,11-12H2,1-2H3/t14-/m0/s1. The molecule has 2 rings (SSSR count). The molecule has 2 N–H and O–H groups in total. The van der Waals surface area contributed by atoms with E-state index in [-0.39, 0.29) is 0 Å². The van der Waals surface area contributed by atoms with Crippen LogP contribution >= 0.6 is 0 Å². The van der Waals surface area contributed by atoms with E-state index in [2.05, 4.69) is 42.7 Å². The summed E-state index contributed by atoms with van der Waals surface area (Å²) in [4.78, 5) is 0. The molecule has 1 atom stereocenters. The molecule has 0 spiro atoms. The van der Waals surface area contributed by atoms with Crippen LogP contribution in [0.25, 0.3) is 0 Å². The minimum atomic E-state index is 0.578. The van der Waals surface area contributed by atoms with Gasteiger partial charge >= 0.3 is 0 Å². The van der Waals surface area contributed by atoms with Crippen LogP contribution in [0.3, 0.4) is 0 Å². The van der Waals surface area contributed by atoms with Crippen molar-refractivity contribution < 1.29 is 0 Å². The van der Waals surface area contributed by atoms with Crippen LogP contribution < -0.4 is 10.6 Å². The Morgan fingerprint density at radius 2 is 2.05 bits per heavy atom. The van der Waals surface area contributed by atoms with Gasteiger partial charge < -0.3 is 10.6 Å². The van der Waals surface area contributed by atoms with Gasteiger partial charge in [0.25, 0.3) is 0 Å². The van der Waals surface area contributed by atoms with Crippen LogP contribution in [-0.2, 0) is 6.42 Å². The van der Waals surface area contributed by atoms with Crippen molar-refractivity contribution in [1.82, 2.24) is 0 Å². The van der Waals surface area contributed by atoms with E-state index in [9.17, 15) is 0 Å². The number of anilines is 2. The van der Waals surface area contributed by atoms with Crippen molar-refractivity contribution in [2.45, 2.75) is 64.8 Å². The zero-order chi connectivity index (χ0) is 13.5.